The first-order chi connectivity index (χ1) is 9.51. The lowest BCUT2D eigenvalue weighted by atomic mass is 9.94. The molecule has 2 radical (unpaired) electrons. The molecule has 100 valence electrons. The molecule has 0 atom stereocenters. The van der Waals surface area contributed by atoms with Gasteiger partial charge in [0.15, 0.2) is 0 Å². The molecular formula is C15H14BClN2O. The fraction of sp³-hybridized carbons (Fsp3) is 0.133. The molecule has 2 N–H and O–H groups in total. The number of nitrogens with two attached hydrogens (primary N) is 1. The molecule has 5 heteroatoms. The number of halogens is 1. The Morgan fingerprint density at radius 3 is 2.65 bits per heavy atom. The fourth-order valence-corrected chi connectivity index (χ4v) is 2.07. The third-order valence-electron chi connectivity index (χ3n) is 2.92. The summed E-state index contributed by atoms with van der Waals surface area (Å²) in [5, 5.41) is 0.314. The van der Waals surface area contributed by atoms with Crippen LogP contribution in [0.4, 0.5) is 11.4 Å². The van der Waals surface area contributed by atoms with E-state index in [1.165, 1.54) is 0 Å². The molecule has 0 aliphatic carbocycles. The smallest absolute Gasteiger partial charge is 0.139 e. The van der Waals surface area contributed by atoms with Gasteiger partial charge in [-0.3, -0.25) is 0 Å². The summed E-state index contributed by atoms with van der Waals surface area (Å²) in [5.41, 5.74) is 9.51. The number of hydrogen-bond donors (Lipinski definition) is 1. The predicted octanol–water partition coefficient (Wildman–Crippen LogP) is 2.70. The van der Waals surface area contributed by atoms with Crippen molar-refractivity contribution >= 4 is 41.5 Å². The van der Waals surface area contributed by atoms with Crippen LogP contribution >= 0.6 is 11.6 Å². The number of hydrogen-bond acceptors (Lipinski definition) is 3. The molecule has 2 aromatic rings. The van der Waals surface area contributed by atoms with E-state index in [4.69, 9.17) is 29.9 Å². The summed E-state index contributed by atoms with van der Waals surface area (Å²) in [4.78, 5) is 4.40. The minimum atomic E-state index is 0.314. The molecule has 0 amide bonds. The average molecular weight is 285 g/mol. The van der Waals surface area contributed by atoms with Crippen molar-refractivity contribution in [3.63, 3.8) is 0 Å². The van der Waals surface area contributed by atoms with Gasteiger partial charge in [-0.05, 0) is 36.8 Å². The maximum absolute atomic E-state index is 6.27. The van der Waals surface area contributed by atoms with Gasteiger partial charge in [-0.1, -0.05) is 29.2 Å². The quantitative estimate of drug-likeness (QED) is 0.535. The second-order valence-corrected chi connectivity index (χ2v) is 4.76. The number of aliphatic imine (C=N–C) groups is 1. The van der Waals surface area contributed by atoms with Crippen molar-refractivity contribution < 1.29 is 4.74 Å². The molecule has 2 rings (SSSR count). The van der Waals surface area contributed by atoms with E-state index in [2.05, 4.69) is 4.99 Å². The Morgan fingerprint density at radius 2 is 2.00 bits per heavy atom. The van der Waals surface area contributed by atoms with Crippen LogP contribution in [0.2, 0.25) is 0 Å². The zero-order chi connectivity index (χ0) is 14.7. The molecule has 3 nitrogen and oxygen atoms in total. The molecule has 0 unspecified atom stereocenters. The van der Waals surface area contributed by atoms with Crippen LogP contribution in [0.5, 0.6) is 5.75 Å². The molecule has 0 fully saturated rings. The van der Waals surface area contributed by atoms with Gasteiger partial charge in [0.1, 0.15) is 18.8 Å². The molecule has 0 saturated heterocycles. The Kier molecular flexibility index (Phi) is 4.35. The van der Waals surface area contributed by atoms with Gasteiger partial charge in [-0.2, -0.15) is 0 Å². The van der Waals surface area contributed by atoms with Crippen LogP contribution < -0.4 is 15.9 Å². The van der Waals surface area contributed by atoms with Crippen LogP contribution in [0.25, 0.3) is 0 Å². The Morgan fingerprint density at radius 1 is 1.25 bits per heavy atom. The summed E-state index contributed by atoms with van der Waals surface area (Å²) in [6, 6.07) is 10.7. The van der Waals surface area contributed by atoms with Crippen LogP contribution in [0, 0.1) is 6.92 Å². The van der Waals surface area contributed by atoms with E-state index in [0.29, 0.717) is 27.6 Å². The van der Waals surface area contributed by atoms with Crippen molar-refractivity contribution in [2.45, 2.75) is 6.92 Å². The minimum Gasteiger partial charge on any atom is -0.497 e. The molecule has 0 saturated carbocycles. The van der Waals surface area contributed by atoms with Gasteiger partial charge < -0.3 is 10.5 Å². The predicted molar refractivity (Wildman–Crippen MR) is 86.0 cm³/mol. The van der Waals surface area contributed by atoms with Crippen LogP contribution in [-0.2, 0) is 0 Å². The van der Waals surface area contributed by atoms with Gasteiger partial charge in [0.25, 0.3) is 0 Å². The van der Waals surface area contributed by atoms with E-state index in [-0.39, 0.29) is 0 Å². The Hall–Kier alpha value is -1.94. The van der Waals surface area contributed by atoms with Crippen molar-refractivity contribution in [2.75, 3.05) is 12.8 Å². The fourth-order valence-electron chi connectivity index (χ4n) is 1.81. The molecule has 20 heavy (non-hydrogen) atoms. The first-order valence-electron chi connectivity index (χ1n) is 6.05. The van der Waals surface area contributed by atoms with Crippen molar-refractivity contribution in [1.82, 2.24) is 0 Å². The highest BCUT2D eigenvalue weighted by atomic mass is 35.5. The second kappa shape index (κ2) is 6.01. The van der Waals surface area contributed by atoms with Crippen LogP contribution in [-0.4, -0.2) is 20.1 Å². The lowest BCUT2D eigenvalue weighted by Crippen LogP contribution is -2.02. The van der Waals surface area contributed by atoms with Crippen LogP contribution in [0.3, 0.4) is 0 Å². The van der Waals surface area contributed by atoms with Gasteiger partial charge in [0.2, 0.25) is 0 Å². The lowest BCUT2D eigenvalue weighted by Gasteiger charge is -2.08. The number of anilines is 1. The molecule has 0 aliphatic heterocycles. The zero-order valence-electron chi connectivity index (χ0n) is 11.4. The van der Waals surface area contributed by atoms with Gasteiger partial charge >= 0.3 is 0 Å². The standard InChI is InChI=1S/C15H14BClN2O/c1-9-7-10(16)3-6-14(9)19-15(17)12-8-11(20-2)4-5-13(12)18/h3-8H,18H2,1-2H3. The molecule has 2 aromatic carbocycles. The van der Waals surface area contributed by atoms with E-state index in [9.17, 15) is 0 Å². The summed E-state index contributed by atoms with van der Waals surface area (Å²) in [5.74, 6) is 0.677. The molecule has 0 heterocycles. The molecule has 0 aliphatic rings. The highest BCUT2D eigenvalue weighted by Crippen LogP contribution is 2.25. The summed E-state index contributed by atoms with van der Waals surface area (Å²) in [6.45, 7) is 1.92. The third-order valence-corrected chi connectivity index (χ3v) is 3.21. The average Bonchev–Trinajstić information content (AvgIpc) is 2.42. The summed E-state index contributed by atoms with van der Waals surface area (Å²) in [6.07, 6.45) is 0. The first kappa shape index (κ1) is 14.5. The number of rotatable bonds is 3. The topological polar surface area (TPSA) is 47.6 Å². The number of nitrogens with zero attached hydrogens (tertiary/aromatic N) is 1. The lowest BCUT2D eigenvalue weighted by molar-refractivity contribution is 0.415. The van der Waals surface area contributed by atoms with E-state index in [1.54, 1.807) is 31.4 Å². The maximum atomic E-state index is 6.27. The maximum Gasteiger partial charge on any atom is 0.139 e. The van der Waals surface area contributed by atoms with Crippen molar-refractivity contribution in [2.24, 2.45) is 4.99 Å². The SMILES string of the molecule is [B]c1ccc(N=C(Cl)c2cc(OC)ccc2N)c(C)c1. The first-order valence-corrected chi connectivity index (χ1v) is 6.43. The highest BCUT2D eigenvalue weighted by Gasteiger charge is 2.08. The summed E-state index contributed by atoms with van der Waals surface area (Å²) < 4.78 is 5.16. The molecule has 0 spiro atoms. The third kappa shape index (κ3) is 3.14. The summed E-state index contributed by atoms with van der Waals surface area (Å²) in [7, 11) is 7.30. The van der Waals surface area contributed by atoms with E-state index in [0.717, 1.165) is 11.3 Å². The number of methoxy groups -OCH3 is 1. The highest BCUT2D eigenvalue weighted by molar-refractivity contribution is 6.70. The zero-order valence-corrected chi connectivity index (χ0v) is 12.1. The molecule has 0 aromatic heterocycles. The summed E-state index contributed by atoms with van der Waals surface area (Å²) >= 11 is 6.27. The Bertz CT molecular complexity index is 671. The molecular weight excluding hydrogens is 270 g/mol. The van der Waals surface area contributed by atoms with Gasteiger partial charge in [-0.25, -0.2) is 4.99 Å². The number of aryl methyl sites for hydroxylation is 1. The number of nitrogen functional groups attached to an aromatic ring is 1. The van der Waals surface area contributed by atoms with Gasteiger partial charge in [-0.15, -0.1) is 0 Å². The minimum absolute atomic E-state index is 0.314. The van der Waals surface area contributed by atoms with Crippen molar-refractivity contribution in [1.29, 1.82) is 0 Å². The van der Waals surface area contributed by atoms with Crippen molar-refractivity contribution in [3.05, 3.63) is 47.5 Å². The largest absolute Gasteiger partial charge is 0.497 e. The number of benzene rings is 2. The van der Waals surface area contributed by atoms with Crippen molar-refractivity contribution in [3.8, 4) is 5.75 Å². The van der Waals surface area contributed by atoms with E-state index >= 15 is 0 Å². The van der Waals surface area contributed by atoms with E-state index in [1.807, 2.05) is 19.1 Å². The van der Waals surface area contributed by atoms with Crippen LogP contribution in [0.15, 0.2) is 41.4 Å². The Labute approximate surface area is 124 Å². The van der Waals surface area contributed by atoms with Gasteiger partial charge in [0, 0.05) is 11.3 Å². The Balaban J connectivity index is 2.44. The van der Waals surface area contributed by atoms with E-state index < -0.39 is 0 Å². The van der Waals surface area contributed by atoms with Crippen LogP contribution in [0.1, 0.15) is 11.1 Å². The normalized spacial score (nSPS) is 11.4. The van der Waals surface area contributed by atoms with Gasteiger partial charge in [0.05, 0.1) is 12.8 Å². The number of ether oxygens (including phenoxy) is 1. The molecule has 0 bridgehead atoms. The second-order valence-electron chi connectivity index (χ2n) is 4.40. The monoisotopic (exact) mass is 284 g/mol.